The van der Waals surface area contributed by atoms with Gasteiger partial charge in [-0.1, -0.05) is 47.6 Å². The third kappa shape index (κ3) is 1.97. The van der Waals surface area contributed by atoms with Crippen LogP contribution in [0.3, 0.4) is 0 Å². The minimum Gasteiger partial charge on any atom is -0.408 e. The van der Waals surface area contributed by atoms with Crippen LogP contribution in [-0.2, 0) is 6.42 Å². The Kier molecular flexibility index (Phi) is 2.26. The van der Waals surface area contributed by atoms with E-state index in [0.29, 0.717) is 12.3 Å². The molecule has 4 nitrogen and oxygen atoms in total. The molecule has 0 aliphatic heterocycles. The van der Waals surface area contributed by atoms with E-state index >= 15 is 0 Å². The first kappa shape index (κ1) is 9.84. The van der Waals surface area contributed by atoms with E-state index in [2.05, 4.69) is 40.5 Å². The van der Waals surface area contributed by atoms with Crippen molar-refractivity contribution in [2.75, 3.05) is 5.73 Å². The number of nitrogen functional groups attached to an aromatic ring is 1. The molecule has 0 aliphatic rings. The van der Waals surface area contributed by atoms with Crippen LogP contribution in [0.1, 0.15) is 11.5 Å². The number of nitrogens with zero attached hydrogens (tertiary/aromatic N) is 2. The maximum absolute atomic E-state index is 5.38. The molecule has 2 N–H and O–H groups in total. The Morgan fingerprint density at radius 1 is 1.00 bits per heavy atom. The molecule has 1 heterocycles. The Morgan fingerprint density at radius 2 is 1.82 bits per heavy atom. The van der Waals surface area contributed by atoms with Gasteiger partial charge < -0.3 is 10.2 Å². The molecule has 0 saturated heterocycles. The lowest BCUT2D eigenvalue weighted by Crippen LogP contribution is -1.88. The van der Waals surface area contributed by atoms with E-state index in [1.807, 2.05) is 12.1 Å². The lowest BCUT2D eigenvalue weighted by molar-refractivity contribution is 0.523. The SMILES string of the molecule is Nc1nnc(Cc2ccc3ccccc3c2)o1. The zero-order chi connectivity index (χ0) is 11.7. The smallest absolute Gasteiger partial charge is 0.312 e. The Bertz CT molecular complexity index is 660. The highest BCUT2D eigenvalue weighted by atomic mass is 16.4. The van der Waals surface area contributed by atoms with E-state index in [1.54, 1.807) is 0 Å². The molecule has 0 atom stereocenters. The lowest BCUT2D eigenvalue weighted by atomic mass is 10.1. The first-order valence-electron chi connectivity index (χ1n) is 5.37. The number of benzene rings is 2. The summed E-state index contributed by atoms with van der Waals surface area (Å²) in [6.07, 6.45) is 0.606. The molecule has 0 spiro atoms. The average molecular weight is 225 g/mol. The van der Waals surface area contributed by atoms with Crippen LogP contribution >= 0.6 is 0 Å². The van der Waals surface area contributed by atoms with Gasteiger partial charge in [0.1, 0.15) is 0 Å². The summed E-state index contributed by atoms with van der Waals surface area (Å²) in [5.74, 6) is 0.540. The molecular weight excluding hydrogens is 214 g/mol. The van der Waals surface area contributed by atoms with Crippen molar-refractivity contribution < 1.29 is 4.42 Å². The topological polar surface area (TPSA) is 64.9 Å². The molecule has 1 aromatic heterocycles. The van der Waals surface area contributed by atoms with Gasteiger partial charge in [-0.25, -0.2) is 0 Å². The Morgan fingerprint density at radius 3 is 2.59 bits per heavy atom. The predicted molar refractivity (Wildman–Crippen MR) is 65.5 cm³/mol. The van der Waals surface area contributed by atoms with Crippen molar-refractivity contribution in [1.82, 2.24) is 10.2 Å². The zero-order valence-corrected chi connectivity index (χ0v) is 9.13. The average Bonchev–Trinajstić information content (AvgIpc) is 2.75. The summed E-state index contributed by atoms with van der Waals surface area (Å²) in [4.78, 5) is 0. The summed E-state index contributed by atoms with van der Waals surface area (Å²) < 4.78 is 5.16. The molecule has 3 aromatic rings. The highest BCUT2D eigenvalue weighted by molar-refractivity contribution is 5.83. The molecule has 4 heteroatoms. The normalized spacial score (nSPS) is 10.8. The number of hydrogen-bond donors (Lipinski definition) is 1. The van der Waals surface area contributed by atoms with E-state index in [9.17, 15) is 0 Å². The largest absolute Gasteiger partial charge is 0.408 e. The molecule has 0 aliphatic carbocycles. The Balaban J connectivity index is 1.95. The van der Waals surface area contributed by atoms with Crippen LogP contribution in [0.5, 0.6) is 0 Å². The van der Waals surface area contributed by atoms with Crippen LogP contribution in [-0.4, -0.2) is 10.2 Å². The van der Waals surface area contributed by atoms with Gasteiger partial charge in [0.25, 0.3) is 0 Å². The maximum Gasteiger partial charge on any atom is 0.312 e. The standard InChI is InChI=1S/C13H11N3O/c14-13-16-15-12(17-13)8-9-5-6-10-3-1-2-4-11(10)7-9/h1-7H,8H2,(H2,14,16). The molecule has 0 bridgehead atoms. The van der Waals surface area contributed by atoms with Crippen molar-refractivity contribution in [3.63, 3.8) is 0 Å². The maximum atomic E-state index is 5.38. The number of aromatic nitrogens is 2. The second-order valence-electron chi connectivity index (χ2n) is 3.89. The van der Waals surface area contributed by atoms with Crippen molar-refractivity contribution in [3.8, 4) is 0 Å². The first-order valence-corrected chi connectivity index (χ1v) is 5.37. The molecule has 0 amide bonds. The Labute approximate surface area is 98.1 Å². The number of rotatable bonds is 2. The van der Waals surface area contributed by atoms with Crippen molar-refractivity contribution in [2.24, 2.45) is 0 Å². The number of nitrogens with two attached hydrogens (primary N) is 1. The second-order valence-corrected chi connectivity index (χ2v) is 3.89. The lowest BCUT2D eigenvalue weighted by Gasteiger charge is -2.00. The van der Waals surface area contributed by atoms with Crippen molar-refractivity contribution in [2.45, 2.75) is 6.42 Å². The fourth-order valence-corrected chi connectivity index (χ4v) is 1.86. The summed E-state index contributed by atoms with van der Waals surface area (Å²) in [5.41, 5.74) is 6.51. The number of anilines is 1. The fraction of sp³-hybridized carbons (Fsp3) is 0.0769. The van der Waals surface area contributed by atoms with Gasteiger partial charge in [-0.3, -0.25) is 0 Å². The highest BCUT2D eigenvalue weighted by Crippen LogP contribution is 2.17. The summed E-state index contributed by atoms with van der Waals surface area (Å²) in [6, 6.07) is 14.6. The number of fused-ring (bicyclic) bond motifs is 1. The van der Waals surface area contributed by atoms with Gasteiger partial charge in [0, 0.05) is 0 Å². The monoisotopic (exact) mass is 225 g/mol. The van der Waals surface area contributed by atoms with Crippen LogP contribution in [0.25, 0.3) is 10.8 Å². The minimum absolute atomic E-state index is 0.112. The predicted octanol–water partition coefficient (Wildman–Crippen LogP) is 2.40. The van der Waals surface area contributed by atoms with E-state index in [4.69, 9.17) is 10.2 Å². The van der Waals surface area contributed by atoms with Gasteiger partial charge in [0.05, 0.1) is 6.42 Å². The molecule has 0 saturated carbocycles. The highest BCUT2D eigenvalue weighted by Gasteiger charge is 2.04. The molecule has 2 aromatic carbocycles. The summed E-state index contributed by atoms with van der Waals surface area (Å²) in [5, 5.41) is 9.92. The van der Waals surface area contributed by atoms with Gasteiger partial charge in [-0.05, 0) is 16.3 Å². The molecule has 17 heavy (non-hydrogen) atoms. The fourth-order valence-electron chi connectivity index (χ4n) is 1.86. The minimum atomic E-state index is 0.112. The molecule has 84 valence electrons. The molecule has 0 fully saturated rings. The van der Waals surface area contributed by atoms with E-state index in [-0.39, 0.29) is 6.01 Å². The van der Waals surface area contributed by atoms with Crippen LogP contribution in [0.2, 0.25) is 0 Å². The van der Waals surface area contributed by atoms with Crippen molar-refractivity contribution >= 4 is 16.8 Å². The molecule has 3 rings (SSSR count). The van der Waals surface area contributed by atoms with E-state index < -0.39 is 0 Å². The third-order valence-electron chi connectivity index (χ3n) is 2.65. The Hall–Kier alpha value is -2.36. The van der Waals surface area contributed by atoms with E-state index in [1.165, 1.54) is 10.8 Å². The second kappa shape index (κ2) is 3.90. The van der Waals surface area contributed by atoms with Crippen LogP contribution < -0.4 is 5.73 Å². The summed E-state index contributed by atoms with van der Waals surface area (Å²) >= 11 is 0. The van der Waals surface area contributed by atoms with Gasteiger partial charge in [0.2, 0.25) is 5.89 Å². The van der Waals surface area contributed by atoms with Crippen molar-refractivity contribution in [1.29, 1.82) is 0 Å². The van der Waals surface area contributed by atoms with Crippen LogP contribution in [0.4, 0.5) is 6.01 Å². The third-order valence-corrected chi connectivity index (χ3v) is 2.65. The van der Waals surface area contributed by atoms with Gasteiger partial charge in [-0.2, -0.15) is 0 Å². The molecule has 0 unspecified atom stereocenters. The summed E-state index contributed by atoms with van der Waals surface area (Å²) in [7, 11) is 0. The number of hydrogen-bond acceptors (Lipinski definition) is 4. The molecular formula is C13H11N3O. The van der Waals surface area contributed by atoms with Crippen LogP contribution in [0.15, 0.2) is 46.9 Å². The van der Waals surface area contributed by atoms with E-state index in [0.717, 1.165) is 5.56 Å². The molecule has 0 radical (unpaired) electrons. The quantitative estimate of drug-likeness (QED) is 0.727. The summed E-state index contributed by atoms with van der Waals surface area (Å²) in [6.45, 7) is 0. The van der Waals surface area contributed by atoms with Crippen LogP contribution in [0, 0.1) is 0 Å². The van der Waals surface area contributed by atoms with Gasteiger partial charge >= 0.3 is 6.01 Å². The van der Waals surface area contributed by atoms with Gasteiger partial charge in [0.15, 0.2) is 0 Å². The zero-order valence-electron chi connectivity index (χ0n) is 9.13. The van der Waals surface area contributed by atoms with Gasteiger partial charge in [-0.15, -0.1) is 5.10 Å². The first-order chi connectivity index (χ1) is 8.31. The van der Waals surface area contributed by atoms with Crippen molar-refractivity contribution in [3.05, 3.63) is 53.9 Å².